The van der Waals surface area contributed by atoms with Crippen molar-refractivity contribution in [2.24, 2.45) is 5.92 Å². The lowest BCUT2D eigenvalue weighted by Gasteiger charge is -2.36. The molecular formula is C25H34ClN3O5. The van der Waals surface area contributed by atoms with E-state index in [0.717, 1.165) is 12.8 Å². The molecule has 4 amide bonds. The minimum absolute atomic E-state index is 0.0566. The molecule has 0 N–H and O–H groups in total. The molecule has 186 valence electrons. The number of hydrogen-bond acceptors (Lipinski definition) is 5. The van der Waals surface area contributed by atoms with Crippen LogP contribution in [0, 0.1) is 5.92 Å². The molecule has 0 bridgehead atoms. The van der Waals surface area contributed by atoms with E-state index in [9.17, 15) is 19.2 Å². The molecule has 0 aromatic heterocycles. The molecule has 1 aromatic rings. The third kappa shape index (κ3) is 5.13. The van der Waals surface area contributed by atoms with Crippen molar-refractivity contribution >= 4 is 35.2 Å². The highest BCUT2D eigenvalue weighted by atomic mass is 35.5. The van der Waals surface area contributed by atoms with Crippen molar-refractivity contribution in [3.05, 3.63) is 34.9 Å². The van der Waals surface area contributed by atoms with Crippen LogP contribution >= 0.6 is 11.6 Å². The third-order valence-electron chi connectivity index (χ3n) is 6.97. The Morgan fingerprint density at radius 1 is 1.21 bits per heavy atom. The molecule has 2 fully saturated rings. The number of hydrogen-bond donors (Lipinski definition) is 0. The minimum atomic E-state index is -1.37. The van der Waals surface area contributed by atoms with Crippen LogP contribution in [0.1, 0.15) is 45.1 Å². The average Bonchev–Trinajstić information content (AvgIpc) is 3.07. The summed E-state index contributed by atoms with van der Waals surface area (Å²) in [5, 5.41) is 0.346. The molecule has 1 aromatic carbocycles. The average molecular weight is 492 g/mol. The van der Waals surface area contributed by atoms with E-state index in [1.807, 2.05) is 13.8 Å². The zero-order valence-electron chi connectivity index (χ0n) is 20.2. The van der Waals surface area contributed by atoms with E-state index in [1.165, 1.54) is 12.0 Å². The number of rotatable bonds is 9. The zero-order chi connectivity index (χ0) is 24.9. The van der Waals surface area contributed by atoms with Gasteiger partial charge in [0.25, 0.3) is 0 Å². The van der Waals surface area contributed by atoms with Crippen LogP contribution in [-0.4, -0.2) is 84.8 Å². The standard InChI is InChI=1S/C25H34ClN3O5/c1-4-27(5-2)23(32)18-9-8-12-28(17-18)21(30)15-25(19-10-6-7-11-20(19)26)16-22(31)29(24(25)33)13-14-34-3/h6-7,10-11,18H,4-5,8-9,12-17H2,1-3H3. The van der Waals surface area contributed by atoms with Crippen molar-refractivity contribution in [2.75, 3.05) is 46.4 Å². The number of carbonyl (C=O) groups is 4. The second-order valence-corrected chi connectivity index (χ2v) is 9.36. The Kier molecular flexibility index (Phi) is 8.71. The number of imide groups is 1. The van der Waals surface area contributed by atoms with Crippen molar-refractivity contribution < 1.29 is 23.9 Å². The van der Waals surface area contributed by atoms with Crippen LogP contribution in [0.25, 0.3) is 0 Å². The first-order chi connectivity index (χ1) is 16.3. The Bertz CT molecular complexity index is 935. The van der Waals surface area contributed by atoms with Gasteiger partial charge >= 0.3 is 0 Å². The number of amides is 4. The maximum atomic E-state index is 13.6. The molecule has 2 aliphatic heterocycles. The van der Waals surface area contributed by atoms with Gasteiger partial charge in [-0.1, -0.05) is 29.8 Å². The number of methoxy groups -OCH3 is 1. The molecule has 2 unspecified atom stereocenters. The lowest BCUT2D eigenvalue weighted by Crippen LogP contribution is -2.49. The molecule has 2 atom stereocenters. The Labute approximate surface area is 206 Å². The summed E-state index contributed by atoms with van der Waals surface area (Å²) in [6.45, 7) is 6.32. The molecule has 0 radical (unpaired) electrons. The molecule has 3 rings (SSSR count). The van der Waals surface area contributed by atoms with Crippen molar-refractivity contribution in [1.82, 2.24) is 14.7 Å². The van der Waals surface area contributed by atoms with Gasteiger partial charge < -0.3 is 14.5 Å². The van der Waals surface area contributed by atoms with Gasteiger partial charge in [-0.2, -0.15) is 0 Å². The fraction of sp³-hybridized carbons (Fsp3) is 0.600. The van der Waals surface area contributed by atoms with Crippen LogP contribution in [0.2, 0.25) is 5.02 Å². The highest BCUT2D eigenvalue weighted by Gasteiger charge is 2.55. The Hall–Kier alpha value is -2.45. The second-order valence-electron chi connectivity index (χ2n) is 8.95. The number of ether oxygens (including phenoxy) is 1. The van der Waals surface area contributed by atoms with E-state index in [-0.39, 0.29) is 49.6 Å². The van der Waals surface area contributed by atoms with Crippen LogP contribution in [0.3, 0.4) is 0 Å². The highest BCUT2D eigenvalue weighted by Crippen LogP contribution is 2.43. The second kappa shape index (κ2) is 11.3. The molecule has 2 heterocycles. The van der Waals surface area contributed by atoms with Crippen molar-refractivity contribution in [3.63, 3.8) is 0 Å². The molecule has 9 heteroatoms. The predicted molar refractivity (Wildman–Crippen MR) is 128 cm³/mol. The summed E-state index contributed by atoms with van der Waals surface area (Å²) in [5.41, 5.74) is -0.883. The quantitative estimate of drug-likeness (QED) is 0.495. The lowest BCUT2D eigenvalue weighted by molar-refractivity contribution is -0.145. The van der Waals surface area contributed by atoms with Gasteiger partial charge in [-0.05, 0) is 38.3 Å². The van der Waals surface area contributed by atoms with Crippen molar-refractivity contribution in [3.8, 4) is 0 Å². The van der Waals surface area contributed by atoms with Gasteiger partial charge in [0.2, 0.25) is 23.6 Å². The Balaban J connectivity index is 1.87. The normalized spacial score (nSPS) is 22.9. The molecule has 0 spiro atoms. The number of piperidine rings is 1. The SMILES string of the molecule is CCN(CC)C(=O)C1CCCN(C(=O)CC2(c3ccccc3Cl)CC(=O)N(CCOC)C2=O)C1. The molecule has 0 saturated carbocycles. The van der Waals surface area contributed by atoms with E-state index in [4.69, 9.17) is 16.3 Å². The van der Waals surface area contributed by atoms with Crippen LogP contribution in [0.5, 0.6) is 0 Å². The first-order valence-corrected chi connectivity index (χ1v) is 12.3. The van der Waals surface area contributed by atoms with Gasteiger partial charge in [-0.15, -0.1) is 0 Å². The monoisotopic (exact) mass is 491 g/mol. The fourth-order valence-electron chi connectivity index (χ4n) is 5.07. The summed E-state index contributed by atoms with van der Waals surface area (Å²) in [6, 6.07) is 6.88. The van der Waals surface area contributed by atoms with Crippen LogP contribution in [0.4, 0.5) is 0 Å². The summed E-state index contributed by atoms with van der Waals surface area (Å²) in [6.07, 6.45) is 1.16. The largest absolute Gasteiger partial charge is 0.383 e. The summed E-state index contributed by atoms with van der Waals surface area (Å²) in [7, 11) is 1.50. The summed E-state index contributed by atoms with van der Waals surface area (Å²) >= 11 is 6.48. The summed E-state index contributed by atoms with van der Waals surface area (Å²) in [5.74, 6) is -1.22. The van der Waals surface area contributed by atoms with Crippen LogP contribution in [0.15, 0.2) is 24.3 Å². The molecule has 34 heavy (non-hydrogen) atoms. The van der Waals surface area contributed by atoms with Crippen LogP contribution < -0.4 is 0 Å². The Morgan fingerprint density at radius 2 is 1.91 bits per heavy atom. The highest BCUT2D eigenvalue weighted by molar-refractivity contribution is 6.32. The van der Waals surface area contributed by atoms with Crippen molar-refractivity contribution in [1.29, 1.82) is 0 Å². The minimum Gasteiger partial charge on any atom is -0.383 e. The van der Waals surface area contributed by atoms with Gasteiger partial charge in [0.05, 0.1) is 24.5 Å². The van der Waals surface area contributed by atoms with Crippen molar-refractivity contribution in [2.45, 2.75) is 44.9 Å². The van der Waals surface area contributed by atoms with Gasteiger partial charge in [-0.3, -0.25) is 24.1 Å². The lowest BCUT2D eigenvalue weighted by atomic mass is 9.75. The number of nitrogens with zero attached hydrogens (tertiary/aromatic N) is 3. The van der Waals surface area contributed by atoms with E-state index in [0.29, 0.717) is 36.8 Å². The van der Waals surface area contributed by atoms with E-state index in [1.54, 1.807) is 34.1 Å². The first-order valence-electron chi connectivity index (χ1n) is 11.9. The fourth-order valence-corrected chi connectivity index (χ4v) is 5.39. The number of benzene rings is 1. The van der Waals surface area contributed by atoms with E-state index < -0.39 is 11.3 Å². The Morgan fingerprint density at radius 3 is 2.56 bits per heavy atom. The van der Waals surface area contributed by atoms with E-state index >= 15 is 0 Å². The molecule has 2 saturated heterocycles. The number of carbonyl (C=O) groups excluding carboxylic acids is 4. The molecule has 8 nitrogen and oxygen atoms in total. The van der Waals surface area contributed by atoms with Gasteiger partial charge in [-0.25, -0.2) is 0 Å². The summed E-state index contributed by atoms with van der Waals surface area (Å²) in [4.78, 5) is 57.5. The maximum absolute atomic E-state index is 13.6. The van der Waals surface area contributed by atoms with Gasteiger partial charge in [0.1, 0.15) is 0 Å². The topological polar surface area (TPSA) is 87.2 Å². The zero-order valence-corrected chi connectivity index (χ0v) is 21.0. The number of likely N-dealkylation sites (tertiary alicyclic amines) is 2. The summed E-state index contributed by atoms with van der Waals surface area (Å²) < 4.78 is 5.06. The molecule has 0 aliphatic carbocycles. The maximum Gasteiger partial charge on any atom is 0.241 e. The molecule has 2 aliphatic rings. The third-order valence-corrected chi connectivity index (χ3v) is 7.30. The predicted octanol–water partition coefficient (Wildman–Crippen LogP) is 2.48. The van der Waals surface area contributed by atoms with Gasteiger partial charge in [0.15, 0.2) is 0 Å². The van der Waals surface area contributed by atoms with E-state index in [2.05, 4.69) is 0 Å². The van der Waals surface area contributed by atoms with Crippen LogP contribution in [-0.2, 0) is 29.3 Å². The number of halogens is 1. The smallest absolute Gasteiger partial charge is 0.241 e. The first kappa shape index (κ1) is 26.2. The molecular weight excluding hydrogens is 458 g/mol. The van der Waals surface area contributed by atoms with Gasteiger partial charge in [0, 0.05) is 51.2 Å².